The smallest absolute Gasteiger partial charge is 0.251 e. The van der Waals surface area contributed by atoms with Gasteiger partial charge in [-0.05, 0) is 37.7 Å². The Morgan fingerprint density at radius 3 is 3.17 bits per heavy atom. The molecule has 1 saturated heterocycles. The van der Waals surface area contributed by atoms with E-state index >= 15 is 0 Å². The number of nitrogens with two attached hydrogens (primary N) is 1. The summed E-state index contributed by atoms with van der Waals surface area (Å²) in [5.41, 5.74) is 3.01. The average Bonchev–Trinajstić information content (AvgIpc) is 2.83. The summed E-state index contributed by atoms with van der Waals surface area (Å²) in [6, 6.07) is 3.32. The fraction of sp³-hybridized carbons (Fsp3) is 0.500. The highest BCUT2D eigenvalue weighted by Gasteiger charge is 2.29. The minimum Gasteiger partial charge on any atom is -0.351 e. The number of nitrogens with zero attached hydrogens (tertiary/aromatic N) is 1. The Morgan fingerprint density at radius 2 is 2.50 bits per heavy atom. The quantitative estimate of drug-likeness (QED) is 0.567. The number of hydrazine groups is 1. The third-order valence-corrected chi connectivity index (χ3v) is 4.63. The largest absolute Gasteiger partial charge is 0.351 e. The molecule has 1 aliphatic rings. The van der Waals surface area contributed by atoms with Gasteiger partial charge in [-0.2, -0.15) is 11.8 Å². The third-order valence-electron chi connectivity index (χ3n) is 3.09. The van der Waals surface area contributed by atoms with Crippen LogP contribution in [0.25, 0.3) is 0 Å². The summed E-state index contributed by atoms with van der Waals surface area (Å²) in [5, 5.41) is 2.98. The Bertz CT molecular complexity index is 432. The molecule has 1 unspecified atom stereocenters. The van der Waals surface area contributed by atoms with Crippen LogP contribution >= 0.6 is 11.8 Å². The van der Waals surface area contributed by atoms with Gasteiger partial charge < -0.3 is 10.7 Å². The molecule has 1 atom stereocenters. The predicted molar refractivity (Wildman–Crippen MR) is 74.5 cm³/mol. The molecule has 1 aromatic rings. The molecule has 6 heteroatoms. The Kier molecular flexibility index (Phi) is 4.08. The zero-order chi connectivity index (χ0) is 13.0. The van der Waals surface area contributed by atoms with Crippen molar-refractivity contribution < 1.29 is 4.79 Å². The number of nitrogens with one attached hydrogen (secondary N) is 2. The van der Waals surface area contributed by atoms with Crippen LogP contribution < -0.4 is 16.6 Å². The molecule has 2 rings (SSSR count). The number of pyridine rings is 1. The van der Waals surface area contributed by atoms with E-state index in [-0.39, 0.29) is 10.7 Å². The summed E-state index contributed by atoms with van der Waals surface area (Å²) in [5.74, 6) is 6.86. The Morgan fingerprint density at radius 1 is 1.67 bits per heavy atom. The number of carbonyl (C=O) groups excluding carboxylic acids is 1. The normalized spacial score (nSPS) is 22.8. The molecule has 0 bridgehead atoms. The molecule has 0 aliphatic carbocycles. The number of hydrogen-bond acceptors (Lipinski definition) is 5. The van der Waals surface area contributed by atoms with Crippen LogP contribution in [0.5, 0.6) is 0 Å². The fourth-order valence-electron chi connectivity index (χ4n) is 2.00. The van der Waals surface area contributed by atoms with Crippen LogP contribution in [-0.4, -0.2) is 27.9 Å². The van der Waals surface area contributed by atoms with E-state index in [2.05, 4.69) is 22.7 Å². The van der Waals surface area contributed by atoms with E-state index in [0.29, 0.717) is 17.9 Å². The van der Waals surface area contributed by atoms with Crippen LogP contribution in [0, 0.1) is 0 Å². The van der Waals surface area contributed by atoms with Crippen LogP contribution in [-0.2, 0) is 0 Å². The van der Waals surface area contributed by atoms with Gasteiger partial charge in [0.1, 0.15) is 5.82 Å². The molecular formula is C12H18N4OS. The van der Waals surface area contributed by atoms with E-state index in [1.165, 1.54) is 12.2 Å². The first kappa shape index (κ1) is 13.2. The lowest BCUT2D eigenvalue weighted by Crippen LogP contribution is -2.36. The van der Waals surface area contributed by atoms with Gasteiger partial charge in [-0.15, -0.1) is 0 Å². The van der Waals surface area contributed by atoms with E-state index in [1.54, 1.807) is 18.3 Å². The minimum absolute atomic E-state index is 0.0809. The maximum absolute atomic E-state index is 12.0. The molecular weight excluding hydrogens is 248 g/mol. The predicted octanol–water partition coefficient (Wildman–Crippen LogP) is 1.38. The van der Waals surface area contributed by atoms with Gasteiger partial charge >= 0.3 is 0 Å². The fourth-order valence-corrected chi connectivity index (χ4v) is 3.24. The van der Waals surface area contributed by atoms with E-state index < -0.39 is 0 Å². The lowest BCUT2D eigenvalue weighted by Gasteiger charge is -2.22. The maximum atomic E-state index is 12.0. The first-order valence-electron chi connectivity index (χ1n) is 5.98. The minimum atomic E-state index is -0.0809. The molecule has 18 heavy (non-hydrogen) atoms. The number of nitrogen functional groups attached to an aromatic ring is 1. The van der Waals surface area contributed by atoms with Gasteiger partial charge in [0.25, 0.3) is 5.91 Å². The summed E-state index contributed by atoms with van der Waals surface area (Å²) < 4.78 is 0.178. The van der Waals surface area contributed by atoms with Gasteiger partial charge in [0.15, 0.2) is 0 Å². The van der Waals surface area contributed by atoms with Crippen LogP contribution in [0.15, 0.2) is 18.3 Å². The van der Waals surface area contributed by atoms with Crippen molar-refractivity contribution in [3.05, 3.63) is 23.9 Å². The zero-order valence-corrected chi connectivity index (χ0v) is 11.2. The monoisotopic (exact) mass is 266 g/mol. The van der Waals surface area contributed by atoms with Gasteiger partial charge in [-0.3, -0.25) is 4.79 Å². The number of thioether (sulfide) groups is 1. The number of hydrogen-bond donors (Lipinski definition) is 3. The summed E-state index contributed by atoms with van der Waals surface area (Å²) in [4.78, 5) is 16.0. The second kappa shape index (κ2) is 5.58. The molecule has 4 N–H and O–H groups in total. The molecule has 0 saturated carbocycles. The molecule has 0 radical (unpaired) electrons. The van der Waals surface area contributed by atoms with E-state index in [9.17, 15) is 4.79 Å². The van der Waals surface area contributed by atoms with E-state index in [0.717, 1.165) is 6.42 Å². The highest BCUT2D eigenvalue weighted by atomic mass is 32.2. The molecule has 1 fully saturated rings. The zero-order valence-electron chi connectivity index (χ0n) is 10.4. The van der Waals surface area contributed by atoms with E-state index in [1.807, 2.05) is 11.8 Å². The molecule has 0 spiro atoms. The molecule has 5 nitrogen and oxygen atoms in total. The third kappa shape index (κ3) is 3.14. The first-order valence-corrected chi connectivity index (χ1v) is 6.96. The molecule has 1 amide bonds. The van der Waals surface area contributed by atoms with Crippen molar-refractivity contribution in [1.82, 2.24) is 10.3 Å². The molecule has 2 heterocycles. The number of anilines is 1. The highest BCUT2D eigenvalue weighted by Crippen LogP contribution is 2.36. The van der Waals surface area contributed by atoms with Crippen LogP contribution in [0.1, 0.15) is 30.1 Å². The van der Waals surface area contributed by atoms with Crippen molar-refractivity contribution >= 4 is 23.5 Å². The first-order chi connectivity index (χ1) is 8.63. The van der Waals surface area contributed by atoms with Gasteiger partial charge in [0.05, 0.1) is 0 Å². The second-order valence-corrected chi connectivity index (χ2v) is 6.34. The number of carbonyl (C=O) groups is 1. The summed E-state index contributed by atoms with van der Waals surface area (Å²) in [6.07, 6.45) is 3.95. The average molecular weight is 266 g/mol. The maximum Gasteiger partial charge on any atom is 0.251 e. The van der Waals surface area contributed by atoms with Gasteiger partial charge in [-0.1, -0.05) is 0 Å². The number of amides is 1. The summed E-state index contributed by atoms with van der Waals surface area (Å²) in [7, 11) is 0. The summed E-state index contributed by atoms with van der Waals surface area (Å²) >= 11 is 1.93. The Balaban J connectivity index is 1.94. The van der Waals surface area contributed by atoms with Crippen molar-refractivity contribution in [2.24, 2.45) is 5.84 Å². The lowest BCUT2D eigenvalue weighted by atomic mass is 10.1. The number of rotatable bonds is 4. The van der Waals surface area contributed by atoms with Crippen molar-refractivity contribution in [3.8, 4) is 0 Å². The van der Waals surface area contributed by atoms with Gasteiger partial charge in [0.2, 0.25) is 0 Å². The lowest BCUT2D eigenvalue weighted by molar-refractivity contribution is 0.0950. The second-order valence-electron chi connectivity index (χ2n) is 4.66. The van der Waals surface area contributed by atoms with Crippen molar-refractivity contribution in [3.63, 3.8) is 0 Å². The molecule has 1 aromatic heterocycles. The molecule has 1 aliphatic heterocycles. The van der Waals surface area contributed by atoms with Crippen molar-refractivity contribution in [2.75, 3.05) is 17.7 Å². The Labute approximate surface area is 111 Å². The van der Waals surface area contributed by atoms with Crippen LogP contribution in [0.2, 0.25) is 0 Å². The SMILES string of the molecule is CC1(CNC(=O)c2ccnc(NN)c2)CCCS1. The topological polar surface area (TPSA) is 80.0 Å². The van der Waals surface area contributed by atoms with Crippen LogP contribution in [0.4, 0.5) is 5.82 Å². The number of aromatic nitrogens is 1. The van der Waals surface area contributed by atoms with Crippen molar-refractivity contribution in [2.45, 2.75) is 24.5 Å². The molecule has 98 valence electrons. The summed E-state index contributed by atoms with van der Waals surface area (Å²) in [6.45, 7) is 2.90. The van der Waals surface area contributed by atoms with Crippen LogP contribution in [0.3, 0.4) is 0 Å². The Hall–Kier alpha value is -1.27. The molecule has 0 aromatic carbocycles. The highest BCUT2D eigenvalue weighted by molar-refractivity contribution is 8.00. The van der Waals surface area contributed by atoms with E-state index in [4.69, 9.17) is 5.84 Å². The van der Waals surface area contributed by atoms with Gasteiger partial charge in [-0.25, -0.2) is 10.8 Å². The van der Waals surface area contributed by atoms with Gasteiger partial charge in [0, 0.05) is 23.1 Å². The van der Waals surface area contributed by atoms with Crippen molar-refractivity contribution in [1.29, 1.82) is 0 Å². The standard InChI is InChI=1S/C12H18N4OS/c1-12(4-2-6-18-12)8-15-11(17)9-3-5-14-10(7-9)16-13/h3,5,7H,2,4,6,8,13H2,1H3,(H,14,16)(H,15,17).